The average molecular weight is 441 g/mol. The highest BCUT2D eigenvalue weighted by molar-refractivity contribution is 9.10. The van der Waals surface area contributed by atoms with Crippen molar-refractivity contribution in [1.82, 2.24) is 9.97 Å². The van der Waals surface area contributed by atoms with E-state index in [9.17, 15) is 23.3 Å². The van der Waals surface area contributed by atoms with Gasteiger partial charge in [0, 0.05) is 22.0 Å². The van der Waals surface area contributed by atoms with E-state index in [0.717, 1.165) is 16.6 Å². The molecule has 0 unspecified atom stereocenters. The maximum Gasteiger partial charge on any atom is 0.416 e. The summed E-state index contributed by atoms with van der Waals surface area (Å²) in [6.45, 7) is 1.60. The zero-order valence-corrected chi connectivity index (χ0v) is 15.4. The molecule has 0 aliphatic carbocycles. The Bertz CT molecular complexity index is 1030. The topological polar surface area (TPSA) is 81.0 Å². The fraction of sp³-hybridized carbons (Fsp3) is 0.176. The van der Waals surface area contributed by atoms with Gasteiger partial charge in [-0.3, -0.25) is 10.1 Å². The molecule has 10 heteroatoms. The third-order valence-electron chi connectivity index (χ3n) is 3.93. The van der Waals surface area contributed by atoms with E-state index in [4.69, 9.17) is 0 Å². The normalized spacial score (nSPS) is 12.8. The summed E-state index contributed by atoms with van der Waals surface area (Å²) in [5, 5.41) is 14.7. The maximum atomic E-state index is 13.1. The first-order chi connectivity index (χ1) is 12.6. The summed E-state index contributed by atoms with van der Waals surface area (Å²) in [5.41, 5.74) is -0.921. The van der Waals surface area contributed by atoms with Gasteiger partial charge in [-0.25, -0.2) is 9.97 Å². The zero-order valence-electron chi connectivity index (χ0n) is 13.8. The van der Waals surface area contributed by atoms with Gasteiger partial charge >= 0.3 is 6.18 Å². The lowest BCUT2D eigenvalue weighted by Gasteiger charge is -2.18. The van der Waals surface area contributed by atoms with Crippen molar-refractivity contribution in [1.29, 1.82) is 0 Å². The summed E-state index contributed by atoms with van der Waals surface area (Å²) in [6, 6.07) is 7.22. The number of halogens is 4. The quantitative estimate of drug-likeness (QED) is 0.428. The Balaban J connectivity index is 2.02. The number of anilines is 1. The average Bonchev–Trinajstić information content (AvgIpc) is 2.61. The molecule has 0 fully saturated rings. The van der Waals surface area contributed by atoms with Gasteiger partial charge in [-0.1, -0.05) is 15.9 Å². The number of hydrogen-bond acceptors (Lipinski definition) is 5. The minimum atomic E-state index is -4.69. The number of alkyl halides is 3. The van der Waals surface area contributed by atoms with E-state index in [1.54, 1.807) is 25.1 Å². The van der Waals surface area contributed by atoms with Gasteiger partial charge in [-0.2, -0.15) is 13.2 Å². The van der Waals surface area contributed by atoms with Crippen LogP contribution >= 0.6 is 15.9 Å². The molecule has 0 spiro atoms. The number of non-ortho nitro benzene ring substituents is 1. The largest absolute Gasteiger partial charge is 0.416 e. The van der Waals surface area contributed by atoms with E-state index < -0.39 is 28.4 Å². The molecule has 0 amide bonds. The number of aromatic nitrogens is 2. The van der Waals surface area contributed by atoms with Crippen molar-refractivity contribution in [3.05, 3.63) is 68.4 Å². The Morgan fingerprint density at radius 3 is 2.59 bits per heavy atom. The van der Waals surface area contributed by atoms with E-state index in [2.05, 4.69) is 31.2 Å². The first kappa shape index (κ1) is 19.0. The molecule has 0 radical (unpaired) electrons. The van der Waals surface area contributed by atoms with E-state index in [-0.39, 0.29) is 5.56 Å². The molecule has 0 saturated heterocycles. The fourth-order valence-corrected chi connectivity index (χ4v) is 2.95. The molecule has 0 aliphatic rings. The van der Waals surface area contributed by atoms with Crippen molar-refractivity contribution < 1.29 is 18.1 Å². The van der Waals surface area contributed by atoms with Gasteiger partial charge in [0.25, 0.3) is 5.69 Å². The monoisotopic (exact) mass is 440 g/mol. The van der Waals surface area contributed by atoms with Crippen LogP contribution in [0.1, 0.15) is 24.1 Å². The molecule has 3 aromatic rings. The van der Waals surface area contributed by atoms with Crippen LogP contribution in [0.3, 0.4) is 0 Å². The number of nitro groups is 1. The lowest BCUT2D eigenvalue weighted by molar-refractivity contribution is -0.385. The van der Waals surface area contributed by atoms with Crippen molar-refractivity contribution in [2.75, 3.05) is 5.32 Å². The van der Waals surface area contributed by atoms with E-state index in [1.807, 2.05) is 0 Å². The van der Waals surface area contributed by atoms with Crippen LogP contribution in [0.4, 0.5) is 24.7 Å². The van der Waals surface area contributed by atoms with Crippen molar-refractivity contribution in [2.24, 2.45) is 0 Å². The van der Waals surface area contributed by atoms with Crippen molar-refractivity contribution in [3.63, 3.8) is 0 Å². The van der Waals surface area contributed by atoms with Crippen molar-refractivity contribution in [2.45, 2.75) is 19.1 Å². The van der Waals surface area contributed by atoms with Crippen LogP contribution in [-0.2, 0) is 6.18 Å². The molecule has 1 heterocycles. The first-order valence-corrected chi connectivity index (χ1v) is 8.48. The van der Waals surface area contributed by atoms with Gasteiger partial charge < -0.3 is 5.32 Å². The second-order valence-electron chi connectivity index (χ2n) is 5.82. The Morgan fingerprint density at radius 2 is 1.93 bits per heavy atom. The molecule has 27 heavy (non-hydrogen) atoms. The van der Waals surface area contributed by atoms with Crippen LogP contribution in [0.25, 0.3) is 10.9 Å². The smallest absolute Gasteiger partial charge is 0.363 e. The van der Waals surface area contributed by atoms with Gasteiger partial charge in [0.05, 0.1) is 22.0 Å². The van der Waals surface area contributed by atoms with Crippen molar-refractivity contribution in [3.8, 4) is 0 Å². The lowest BCUT2D eigenvalue weighted by atomic mass is 10.0. The van der Waals surface area contributed by atoms with E-state index in [0.29, 0.717) is 22.8 Å². The van der Waals surface area contributed by atoms with Gasteiger partial charge in [0.1, 0.15) is 12.1 Å². The summed E-state index contributed by atoms with van der Waals surface area (Å²) in [5.74, 6) is 0.411. The van der Waals surface area contributed by atoms with Crippen LogP contribution in [0.15, 0.2) is 47.2 Å². The van der Waals surface area contributed by atoms with E-state index >= 15 is 0 Å². The molecule has 1 N–H and O–H groups in total. The van der Waals surface area contributed by atoms with Gasteiger partial charge in [-0.05, 0) is 36.8 Å². The standard InChI is InChI=1S/C17H12BrF3N4O2/c1-9(10-4-11(17(19,20)21)6-13(5-10)25(26)27)24-16-14-7-12(18)2-3-15(14)22-8-23-16/h2-9H,1H3,(H,22,23,24)/t9-/m1/s1. The highest BCUT2D eigenvalue weighted by Crippen LogP contribution is 2.35. The van der Waals surface area contributed by atoms with Crippen LogP contribution in [0.2, 0.25) is 0 Å². The minimum Gasteiger partial charge on any atom is -0.363 e. The Kier molecular flexibility index (Phi) is 5.01. The summed E-state index contributed by atoms with van der Waals surface area (Å²) in [4.78, 5) is 18.5. The molecule has 140 valence electrons. The first-order valence-electron chi connectivity index (χ1n) is 7.68. The SMILES string of the molecule is C[C@@H](Nc1ncnc2ccc(Br)cc12)c1cc([N+](=O)[O-])cc(C(F)(F)F)c1. The number of nitro benzene ring substituents is 1. The highest BCUT2D eigenvalue weighted by Gasteiger charge is 2.33. The number of nitrogens with one attached hydrogen (secondary N) is 1. The maximum absolute atomic E-state index is 13.1. The molecule has 2 aromatic carbocycles. The van der Waals surface area contributed by atoms with Gasteiger partial charge in [-0.15, -0.1) is 0 Å². The molecule has 6 nitrogen and oxygen atoms in total. The fourth-order valence-electron chi connectivity index (χ4n) is 2.59. The molecule has 0 saturated carbocycles. The number of benzene rings is 2. The molecule has 0 bridgehead atoms. The molecule has 1 aromatic heterocycles. The minimum absolute atomic E-state index is 0.123. The third-order valence-corrected chi connectivity index (χ3v) is 4.42. The summed E-state index contributed by atoms with van der Waals surface area (Å²) >= 11 is 3.35. The Labute approximate surface area is 159 Å². The molecular formula is C17H12BrF3N4O2. The van der Waals surface area contributed by atoms with Crippen LogP contribution in [0, 0.1) is 10.1 Å². The van der Waals surface area contributed by atoms with E-state index in [1.165, 1.54) is 6.33 Å². The lowest BCUT2D eigenvalue weighted by Crippen LogP contribution is -2.12. The molecule has 3 rings (SSSR count). The van der Waals surface area contributed by atoms with Crippen molar-refractivity contribution >= 4 is 38.3 Å². The number of hydrogen-bond donors (Lipinski definition) is 1. The zero-order chi connectivity index (χ0) is 19.8. The summed E-state index contributed by atoms with van der Waals surface area (Å²) in [6.07, 6.45) is -3.35. The third kappa shape index (κ3) is 4.16. The number of rotatable bonds is 4. The van der Waals surface area contributed by atoms with Gasteiger partial charge in [0.15, 0.2) is 0 Å². The number of fused-ring (bicyclic) bond motifs is 1. The Hall–Kier alpha value is -2.75. The van der Waals surface area contributed by atoms with Gasteiger partial charge in [0.2, 0.25) is 0 Å². The highest BCUT2D eigenvalue weighted by atomic mass is 79.9. The van der Waals surface area contributed by atoms with Crippen LogP contribution in [-0.4, -0.2) is 14.9 Å². The summed E-state index contributed by atoms with van der Waals surface area (Å²) < 4.78 is 40.0. The predicted molar refractivity (Wildman–Crippen MR) is 97.4 cm³/mol. The second kappa shape index (κ2) is 7.10. The van der Waals surface area contributed by atoms with Crippen LogP contribution in [0.5, 0.6) is 0 Å². The Morgan fingerprint density at radius 1 is 1.19 bits per heavy atom. The summed E-state index contributed by atoms with van der Waals surface area (Å²) in [7, 11) is 0. The molecule has 0 aliphatic heterocycles. The molecule has 1 atom stereocenters. The predicted octanol–water partition coefficient (Wildman–Crippen LogP) is 5.49. The second-order valence-corrected chi connectivity index (χ2v) is 6.73. The molecular weight excluding hydrogens is 429 g/mol. The number of nitrogens with zero attached hydrogens (tertiary/aromatic N) is 3. The van der Waals surface area contributed by atoms with Crippen LogP contribution < -0.4 is 5.32 Å².